The third kappa shape index (κ3) is 1.20. The van der Waals surface area contributed by atoms with Crippen LogP contribution in [-0.2, 0) is 4.74 Å². The number of fused-ring (bicyclic) bond motifs is 1. The second-order valence-corrected chi connectivity index (χ2v) is 4.53. The monoisotopic (exact) mass is 251 g/mol. The maximum Gasteiger partial charge on any atom is 0.0803 e. The third-order valence-electron chi connectivity index (χ3n) is 2.70. The Morgan fingerprint density at radius 3 is 2.86 bits per heavy atom. The van der Waals surface area contributed by atoms with Crippen LogP contribution in [0.4, 0.5) is 0 Å². The number of rotatable bonds is 1. The normalized spacial score (nSPS) is 17.2. The fraction of sp³-hybridized carbons (Fsp3) is 0.273. The van der Waals surface area contributed by atoms with Gasteiger partial charge in [0.2, 0.25) is 0 Å². The molecule has 1 fully saturated rings. The van der Waals surface area contributed by atoms with Crippen LogP contribution in [0, 0.1) is 0 Å². The number of benzene rings is 1. The maximum absolute atomic E-state index is 5.20. The molecule has 2 nitrogen and oxygen atoms in total. The third-order valence-corrected chi connectivity index (χ3v) is 3.19. The highest BCUT2D eigenvalue weighted by Gasteiger charge is 2.20. The van der Waals surface area contributed by atoms with Crippen molar-refractivity contribution in [3.63, 3.8) is 0 Å². The summed E-state index contributed by atoms with van der Waals surface area (Å²) >= 11 is 3.48. The second-order valence-electron chi connectivity index (χ2n) is 3.62. The zero-order valence-corrected chi connectivity index (χ0v) is 9.20. The number of hydrogen-bond acceptors (Lipinski definition) is 1. The minimum absolute atomic E-state index is 0.536. The molecule has 3 rings (SSSR count). The van der Waals surface area contributed by atoms with E-state index in [4.69, 9.17) is 4.74 Å². The van der Waals surface area contributed by atoms with Crippen LogP contribution in [0.5, 0.6) is 0 Å². The molecule has 2 aromatic rings. The van der Waals surface area contributed by atoms with E-state index >= 15 is 0 Å². The molecular formula is C11H10BrNO. The predicted molar refractivity (Wildman–Crippen MR) is 59.5 cm³/mol. The van der Waals surface area contributed by atoms with Crippen molar-refractivity contribution in [1.29, 1.82) is 0 Å². The summed E-state index contributed by atoms with van der Waals surface area (Å²) in [4.78, 5) is 0. The van der Waals surface area contributed by atoms with Gasteiger partial charge in [0.05, 0.1) is 19.3 Å². The summed E-state index contributed by atoms with van der Waals surface area (Å²) in [5, 5.41) is 1.28. The molecule has 0 N–H and O–H groups in total. The first kappa shape index (κ1) is 8.50. The van der Waals surface area contributed by atoms with E-state index in [0.29, 0.717) is 6.04 Å². The molecule has 0 aliphatic carbocycles. The van der Waals surface area contributed by atoms with E-state index < -0.39 is 0 Å². The topological polar surface area (TPSA) is 14.2 Å². The van der Waals surface area contributed by atoms with Crippen LogP contribution >= 0.6 is 15.9 Å². The molecule has 0 bridgehead atoms. The van der Waals surface area contributed by atoms with E-state index in [1.165, 1.54) is 10.9 Å². The van der Waals surface area contributed by atoms with Crippen molar-refractivity contribution in [2.24, 2.45) is 0 Å². The largest absolute Gasteiger partial charge is 0.377 e. The lowest BCUT2D eigenvalue weighted by Gasteiger charge is -2.28. The first-order valence-electron chi connectivity index (χ1n) is 4.68. The van der Waals surface area contributed by atoms with Gasteiger partial charge in [0.25, 0.3) is 0 Å². The minimum atomic E-state index is 0.536. The van der Waals surface area contributed by atoms with Crippen molar-refractivity contribution in [2.45, 2.75) is 6.04 Å². The Labute approximate surface area is 90.6 Å². The zero-order chi connectivity index (χ0) is 9.54. The Hall–Kier alpha value is -0.800. The highest BCUT2D eigenvalue weighted by Crippen LogP contribution is 2.26. The lowest BCUT2D eigenvalue weighted by atomic mass is 10.2. The summed E-state index contributed by atoms with van der Waals surface area (Å²) in [6, 6.07) is 9.06. The lowest BCUT2D eigenvalue weighted by Crippen LogP contribution is -2.29. The molecule has 3 heteroatoms. The first-order chi connectivity index (χ1) is 6.84. The highest BCUT2D eigenvalue weighted by molar-refractivity contribution is 9.10. The molecule has 1 saturated heterocycles. The summed E-state index contributed by atoms with van der Waals surface area (Å²) in [5.41, 5.74) is 1.29. The number of halogens is 1. The molecule has 72 valence electrons. The number of nitrogens with zero attached hydrogens (tertiary/aromatic N) is 1. The maximum atomic E-state index is 5.20. The quantitative estimate of drug-likeness (QED) is 0.761. The fourth-order valence-corrected chi connectivity index (χ4v) is 2.22. The molecule has 2 heterocycles. The first-order valence-corrected chi connectivity index (χ1v) is 5.48. The summed E-state index contributed by atoms with van der Waals surface area (Å²) in [6.45, 7) is 1.69. The van der Waals surface area contributed by atoms with E-state index in [0.717, 1.165) is 17.7 Å². The fourth-order valence-electron chi connectivity index (χ4n) is 1.84. The molecule has 0 atom stereocenters. The minimum Gasteiger partial charge on any atom is -0.377 e. The van der Waals surface area contributed by atoms with E-state index in [9.17, 15) is 0 Å². The summed E-state index contributed by atoms with van der Waals surface area (Å²) in [5.74, 6) is 0. The van der Waals surface area contributed by atoms with Gasteiger partial charge in [-0.25, -0.2) is 0 Å². The number of hydrogen-bond donors (Lipinski definition) is 0. The van der Waals surface area contributed by atoms with Crippen molar-refractivity contribution >= 4 is 26.8 Å². The molecule has 0 saturated carbocycles. The average Bonchev–Trinajstić information content (AvgIpc) is 2.45. The Morgan fingerprint density at radius 2 is 2.14 bits per heavy atom. The van der Waals surface area contributed by atoms with Crippen LogP contribution in [0.15, 0.2) is 34.9 Å². The molecule has 0 unspecified atom stereocenters. The van der Waals surface area contributed by atoms with Gasteiger partial charge in [-0.05, 0) is 24.3 Å². The van der Waals surface area contributed by atoms with Gasteiger partial charge in [0, 0.05) is 21.6 Å². The molecule has 1 aliphatic rings. The van der Waals surface area contributed by atoms with Gasteiger partial charge < -0.3 is 9.30 Å². The number of ether oxygens (including phenoxy) is 1. The van der Waals surface area contributed by atoms with Crippen LogP contribution < -0.4 is 0 Å². The Balaban J connectivity index is 2.16. The smallest absolute Gasteiger partial charge is 0.0803 e. The highest BCUT2D eigenvalue weighted by atomic mass is 79.9. The summed E-state index contributed by atoms with van der Waals surface area (Å²) in [6.07, 6.45) is 2.14. The van der Waals surface area contributed by atoms with Crippen molar-refractivity contribution in [3.05, 3.63) is 34.9 Å². The lowest BCUT2D eigenvalue weighted by molar-refractivity contribution is -0.0213. The van der Waals surface area contributed by atoms with Crippen LogP contribution in [0.1, 0.15) is 6.04 Å². The Bertz CT molecular complexity index is 473. The van der Waals surface area contributed by atoms with Crippen LogP contribution in [0.2, 0.25) is 0 Å². The molecular weight excluding hydrogens is 242 g/mol. The zero-order valence-electron chi connectivity index (χ0n) is 7.61. The van der Waals surface area contributed by atoms with Gasteiger partial charge in [-0.2, -0.15) is 0 Å². The van der Waals surface area contributed by atoms with Gasteiger partial charge in [-0.3, -0.25) is 0 Å². The van der Waals surface area contributed by atoms with Gasteiger partial charge >= 0.3 is 0 Å². The second kappa shape index (κ2) is 3.11. The van der Waals surface area contributed by atoms with Gasteiger partial charge in [-0.1, -0.05) is 15.9 Å². The van der Waals surface area contributed by atoms with Gasteiger partial charge in [-0.15, -0.1) is 0 Å². The van der Waals surface area contributed by atoms with E-state index in [2.05, 4.69) is 51.0 Å². The SMILES string of the molecule is Brc1ccc2c(ccn2C2COC2)c1. The number of aromatic nitrogens is 1. The van der Waals surface area contributed by atoms with E-state index in [1.54, 1.807) is 0 Å². The van der Waals surface area contributed by atoms with Crippen molar-refractivity contribution in [3.8, 4) is 0 Å². The molecule has 0 radical (unpaired) electrons. The molecule has 1 aliphatic heterocycles. The molecule has 0 amide bonds. The van der Waals surface area contributed by atoms with Gasteiger partial charge in [0.15, 0.2) is 0 Å². The van der Waals surface area contributed by atoms with Crippen LogP contribution in [0.3, 0.4) is 0 Å². The average molecular weight is 252 g/mol. The molecule has 1 aromatic heterocycles. The van der Waals surface area contributed by atoms with Crippen molar-refractivity contribution in [1.82, 2.24) is 4.57 Å². The summed E-state index contributed by atoms with van der Waals surface area (Å²) < 4.78 is 8.63. The standard InChI is InChI=1S/C11H10BrNO/c12-9-1-2-11-8(5-9)3-4-13(11)10-6-14-7-10/h1-5,10H,6-7H2. The Kier molecular flexibility index (Phi) is 1.89. The van der Waals surface area contributed by atoms with Crippen LogP contribution in [-0.4, -0.2) is 17.8 Å². The Morgan fingerprint density at radius 1 is 1.29 bits per heavy atom. The van der Waals surface area contributed by atoms with E-state index in [1.807, 2.05) is 0 Å². The van der Waals surface area contributed by atoms with Gasteiger partial charge in [0.1, 0.15) is 0 Å². The summed E-state index contributed by atoms with van der Waals surface area (Å²) in [7, 11) is 0. The van der Waals surface area contributed by atoms with E-state index in [-0.39, 0.29) is 0 Å². The van der Waals surface area contributed by atoms with Crippen LogP contribution in [0.25, 0.3) is 10.9 Å². The molecule has 1 aromatic carbocycles. The predicted octanol–water partition coefficient (Wildman–Crippen LogP) is 2.98. The molecule has 0 spiro atoms. The van der Waals surface area contributed by atoms with Crippen molar-refractivity contribution in [2.75, 3.05) is 13.2 Å². The molecule has 14 heavy (non-hydrogen) atoms. The van der Waals surface area contributed by atoms with Crippen molar-refractivity contribution < 1.29 is 4.74 Å².